The van der Waals surface area contributed by atoms with E-state index in [-0.39, 0.29) is 5.54 Å². The van der Waals surface area contributed by atoms with Crippen molar-refractivity contribution in [2.75, 3.05) is 13.1 Å². The predicted octanol–water partition coefficient (Wildman–Crippen LogP) is 3.43. The van der Waals surface area contributed by atoms with Crippen molar-refractivity contribution in [3.63, 3.8) is 0 Å². The van der Waals surface area contributed by atoms with Crippen LogP contribution in [-0.2, 0) is 12.8 Å². The first-order valence-electron chi connectivity index (χ1n) is 6.71. The van der Waals surface area contributed by atoms with Gasteiger partial charge in [-0.3, -0.25) is 4.99 Å². The van der Waals surface area contributed by atoms with Crippen molar-refractivity contribution < 1.29 is 0 Å². The SMILES string of the molecule is CCN1CC2(CCc3c(Br)cccc3C2)N=C1C. The number of halogens is 1. The third kappa shape index (κ3) is 1.89. The van der Waals surface area contributed by atoms with E-state index >= 15 is 0 Å². The van der Waals surface area contributed by atoms with Gasteiger partial charge in [0.05, 0.1) is 11.4 Å². The summed E-state index contributed by atoms with van der Waals surface area (Å²) in [5, 5.41) is 0. The van der Waals surface area contributed by atoms with Gasteiger partial charge >= 0.3 is 0 Å². The van der Waals surface area contributed by atoms with Crippen molar-refractivity contribution in [3.8, 4) is 0 Å². The monoisotopic (exact) mass is 306 g/mol. The normalized spacial score (nSPS) is 26.4. The van der Waals surface area contributed by atoms with Gasteiger partial charge in [-0.25, -0.2) is 0 Å². The number of aliphatic imine (C=N–C) groups is 1. The van der Waals surface area contributed by atoms with Crippen molar-refractivity contribution >= 4 is 21.8 Å². The second-order valence-electron chi connectivity index (χ2n) is 5.45. The van der Waals surface area contributed by atoms with Crippen LogP contribution < -0.4 is 0 Å². The largest absolute Gasteiger partial charge is 0.358 e. The number of hydrogen-bond donors (Lipinski definition) is 0. The van der Waals surface area contributed by atoms with Gasteiger partial charge in [0.2, 0.25) is 0 Å². The number of likely N-dealkylation sites (N-methyl/N-ethyl adjacent to an activating group) is 1. The van der Waals surface area contributed by atoms with Crippen LogP contribution in [0.4, 0.5) is 0 Å². The first-order chi connectivity index (χ1) is 8.63. The van der Waals surface area contributed by atoms with Gasteiger partial charge < -0.3 is 4.90 Å². The van der Waals surface area contributed by atoms with Gasteiger partial charge in [-0.15, -0.1) is 0 Å². The Morgan fingerprint density at radius 1 is 1.44 bits per heavy atom. The highest BCUT2D eigenvalue weighted by molar-refractivity contribution is 9.10. The molecule has 1 unspecified atom stereocenters. The summed E-state index contributed by atoms with van der Waals surface area (Å²) < 4.78 is 1.26. The van der Waals surface area contributed by atoms with Gasteiger partial charge in [0.25, 0.3) is 0 Å². The van der Waals surface area contributed by atoms with Crippen LogP contribution in [0.25, 0.3) is 0 Å². The Labute approximate surface area is 117 Å². The summed E-state index contributed by atoms with van der Waals surface area (Å²) in [6.45, 7) is 6.53. The maximum Gasteiger partial charge on any atom is 0.0966 e. The van der Waals surface area contributed by atoms with E-state index < -0.39 is 0 Å². The van der Waals surface area contributed by atoms with Gasteiger partial charge in [0.1, 0.15) is 0 Å². The zero-order valence-corrected chi connectivity index (χ0v) is 12.6. The molecule has 1 heterocycles. The average molecular weight is 307 g/mol. The molecular weight excluding hydrogens is 288 g/mol. The molecule has 3 rings (SSSR count). The van der Waals surface area contributed by atoms with Gasteiger partial charge in [-0.1, -0.05) is 28.1 Å². The molecule has 0 radical (unpaired) electrons. The molecule has 1 atom stereocenters. The van der Waals surface area contributed by atoms with E-state index in [1.165, 1.54) is 27.9 Å². The number of rotatable bonds is 1. The number of amidine groups is 1. The van der Waals surface area contributed by atoms with Crippen LogP contribution in [0.15, 0.2) is 27.7 Å². The summed E-state index contributed by atoms with van der Waals surface area (Å²) in [6.07, 6.45) is 3.41. The quantitative estimate of drug-likeness (QED) is 0.776. The van der Waals surface area contributed by atoms with Crippen LogP contribution in [0.1, 0.15) is 31.4 Å². The van der Waals surface area contributed by atoms with Crippen LogP contribution >= 0.6 is 15.9 Å². The Morgan fingerprint density at radius 2 is 2.28 bits per heavy atom. The molecule has 1 spiro atoms. The molecule has 96 valence electrons. The summed E-state index contributed by atoms with van der Waals surface area (Å²) in [4.78, 5) is 7.39. The Bertz CT molecular complexity index is 509. The number of nitrogens with zero attached hydrogens (tertiary/aromatic N) is 2. The van der Waals surface area contributed by atoms with Crippen LogP contribution in [0, 0.1) is 0 Å². The van der Waals surface area contributed by atoms with Crippen LogP contribution in [-0.4, -0.2) is 29.4 Å². The maximum atomic E-state index is 4.99. The standard InChI is InChI=1S/C15H19BrN2/c1-3-18-10-15(17-11(18)2)8-7-13-12(9-15)5-4-6-14(13)16/h4-6H,3,7-10H2,1-2H3. The van der Waals surface area contributed by atoms with Gasteiger partial charge in [0, 0.05) is 17.6 Å². The molecule has 0 N–H and O–H groups in total. The molecular formula is C15H19BrN2. The molecule has 2 nitrogen and oxygen atoms in total. The zero-order chi connectivity index (χ0) is 12.8. The molecule has 1 aliphatic carbocycles. The minimum atomic E-state index is 0.147. The molecule has 2 aliphatic rings. The summed E-state index contributed by atoms with van der Waals surface area (Å²) >= 11 is 3.67. The molecule has 3 heteroatoms. The van der Waals surface area contributed by atoms with Crippen molar-refractivity contribution in [2.45, 2.75) is 38.6 Å². The molecule has 18 heavy (non-hydrogen) atoms. The molecule has 1 aromatic rings. The molecule has 1 aromatic carbocycles. The van der Waals surface area contributed by atoms with Crippen molar-refractivity contribution in [2.24, 2.45) is 4.99 Å². The van der Waals surface area contributed by atoms with E-state index in [1.54, 1.807) is 0 Å². The second-order valence-corrected chi connectivity index (χ2v) is 6.31. The van der Waals surface area contributed by atoms with Crippen LogP contribution in [0.3, 0.4) is 0 Å². The van der Waals surface area contributed by atoms with E-state index in [2.05, 4.69) is 52.9 Å². The van der Waals surface area contributed by atoms with Crippen LogP contribution in [0.5, 0.6) is 0 Å². The molecule has 0 aromatic heterocycles. The summed E-state index contributed by atoms with van der Waals surface area (Å²) in [7, 11) is 0. The molecule has 0 saturated heterocycles. The van der Waals surface area contributed by atoms with Crippen molar-refractivity contribution in [1.29, 1.82) is 0 Å². The van der Waals surface area contributed by atoms with Crippen molar-refractivity contribution in [3.05, 3.63) is 33.8 Å². The van der Waals surface area contributed by atoms with E-state index in [1.807, 2.05) is 0 Å². The van der Waals surface area contributed by atoms with Gasteiger partial charge in [0.15, 0.2) is 0 Å². The predicted molar refractivity (Wildman–Crippen MR) is 79.3 cm³/mol. The zero-order valence-electron chi connectivity index (χ0n) is 11.0. The van der Waals surface area contributed by atoms with Gasteiger partial charge in [-0.05, 0) is 50.3 Å². The highest BCUT2D eigenvalue weighted by Crippen LogP contribution is 2.38. The van der Waals surface area contributed by atoms with Gasteiger partial charge in [-0.2, -0.15) is 0 Å². The van der Waals surface area contributed by atoms with Crippen LogP contribution in [0.2, 0.25) is 0 Å². The Balaban J connectivity index is 1.92. The summed E-state index contributed by atoms with van der Waals surface area (Å²) in [5.74, 6) is 1.22. The lowest BCUT2D eigenvalue weighted by atomic mass is 9.78. The average Bonchev–Trinajstić information content (AvgIpc) is 2.65. The number of fused-ring (bicyclic) bond motifs is 1. The maximum absolute atomic E-state index is 4.99. The molecule has 0 fully saturated rings. The molecule has 0 saturated carbocycles. The second kappa shape index (κ2) is 4.37. The fraction of sp³-hybridized carbons (Fsp3) is 0.533. The van der Waals surface area contributed by atoms with E-state index in [9.17, 15) is 0 Å². The third-order valence-corrected chi connectivity index (χ3v) is 5.04. The topological polar surface area (TPSA) is 15.6 Å². The highest BCUT2D eigenvalue weighted by atomic mass is 79.9. The first-order valence-corrected chi connectivity index (χ1v) is 7.50. The molecule has 0 bridgehead atoms. The fourth-order valence-electron chi connectivity index (χ4n) is 3.34. The lowest BCUT2D eigenvalue weighted by molar-refractivity contribution is 0.316. The minimum absolute atomic E-state index is 0.147. The Hall–Kier alpha value is -0.830. The summed E-state index contributed by atoms with van der Waals surface area (Å²) in [5.41, 5.74) is 3.12. The molecule has 1 aliphatic heterocycles. The fourth-order valence-corrected chi connectivity index (χ4v) is 3.94. The first kappa shape index (κ1) is 12.2. The number of benzene rings is 1. The lowest BCUT2D eigenvalue weighted by Gasteiger charge is -2.33. The van der Waals surface area contributed by atoms with E-state index in [0.717, 1.165) is 25.9 Å². The number of hydrogen-bond acceptors (Lipinski definition) is 2. The van der Waals surface area contributed by atoms with E-state index in [4.69, 9.17) is 4.99 Å². The molecule has 0 amide bonds. The lowest BCUT2D eigenvalue weighted by Crippen LogP contribution is -2.40. The Kier molecular flexibility index (Phi) is 2.97. The smallest absolute Gasteiger partial charge is 0.0966 e. The minimum Gasteiger partial charge on any atom is -0.358 e. The van der Waals surface area contributed by atoms with E-state index in [0.29, 0.717) is 0 Å². The Morgan fingerprint density at radius 3 is 3.00 bits per heavy atom. The highest BCUT2D eigenvalue weighted by Gasteiger charge is 2.40. The van der Waals surface area contributed by atoms with Crippen molar-refractivity contribution in [1.82, 2.24) is 4.90 Å². The summed E-state index contributed by atoms with van der Waals surface area (Å²) in [6, 6.07) is 6.56. The third-order valence-electron chi connectivity index (χ3n) is 4.30.